The van der Waals surface area contributed by atoms with Gasteiger partial charge in [0.15, 0.2) is 0 Å². The molecule has 1 radical (unpaired) electrons. The lowest BCUT2D eigenvalue weighted by Crippen LogP contribution is -1.99. The van der Waals surface area contributed by atoms with Crippen molar-refractivity contribution in [3.05, 3.63) is 42.0 Å². The molecule has 1 aliphatic heterocycles. The van der Waals surface area contributed by atoms with Crippen LogP contribution in [0.1, 0.15) is 5.56 Å². The highest BCUT2D eigenvalue weighted by Crippen LogP contribution is 2.28. The average molecular weight is 167 g/mol. The van der Waals surface area contributed by atoms with Gasteiger partial charge in [-0.15, -0.1) is 0 Å². The van der Waals surface area contributed by atoms with Crippen LogP contribution in [-0.4, -0.2) is 6.21 Å². The van der Waals surface area contributed by atoms with Crippen molar-refractivity contribution >= 4 is 22.7 Å². The van der Waals surface area contributed by atoms with Crippen molar-refractivity contribution < 1.29 is 0 Å². The minimum Gasteiger partial charge on any atom is -0.277 e. The summed E-state index contributed by atoms with van der Waals surface area (Å²) in [7, 11) is 0. The molecule has 0 aromatic heterocycles. The third-order valence-electron chi connectivity index (χ3n) is 2.26. The molecule has 1 N–H and O–H groups in total. The number of rotatable bonds is 0. The predicted molar refractivity (Wildman–Crippen MR) is 54.1 cm³/mol. The second-order valence-electron chi connectivity index (χ2n) is 3.04. The summed E-state index contributed by atoms with van der Waals surface area (Å²) in [4.78, 5) is 0. The number of benzene rings is 2. The molecule has 2 heteroatoms. The molecule has 13 heavy (non-hydrogen) atoms. The summed E-state index contributed by atoms with van der Waals surface area (Å²) in [6, 6.07) is 12.3. The zero-order chi connectivity index (χ0) is 8.67. The number of hydrogen-bond donors (Lipinski definition) is 1. The van der Waals surface area contributed by atoms with E-state index in [2.05, 4.69) is 28.9 Å². The van der Waals surface area contributed by atoms with Gasteiger partial charge in [-0.05, 0) is 11.5 Å². The molecule has 0 bridgehead atoms. The van der Waals surface area contributed by atoms with Crippen LogP contribution in [0.25, 0.3) is 10.8 Å². The van der Waals surface area contributed by atoms with E-state index in [4.69, 9.17) is 0 Å². The topological polar surface area (TPSA) is 24.4 Å². The van der Waals surface area contributed by atoms with E-state index in [0.29, 0.717) is 0 Å². The first-order valence-electron chi connectivity index (χ1n) is 4.19. The van der Waals surface area contributed by atoms with Crippen LogP contribution in [-0.2, 0) is 0 Å². The Morgan fingerprint density at radius 3 is 2.85 bits per heavy atom. The van der Waals surface area contributed by atoms with Gasteiger partial charge in [-0.2, -0.15) is 5.10 Å². The lowest BCUT2D eigenvalue weighted by molar-refractivity contribution is 1.35. The zero-order valence-electron chi connectivity index (χ0n) is 6.91. The molecule has 61 valence electrons. The Morgan fingerprint density at radius 2 is 1.92 bits per heavy atom. The Kier molecular flexibility index (Phi) is 1.19. The molecule has 1 heterocycles. The SMILES string of the molecule is [C]1=NNc2cccc3cccc1c23. The third kappa shape index (κ3) is 0.855. The molecule has 0 atom stereocenters. The summed E-state index contributed by atoms with van der Waals surface area (Å²) in [6.45, 7) is 0. The summed E-state index contributed by atoms with van der Waals surface area (Å²) < 4.78 is 0. The first kappa shape index (κ1) is 6.66. The fourth-order valence-corrected chi connectivity index (χ4v) is 1.68. The monoisotopic (exact) mass is 167 g/mol. The molecule has 3 rings (SSSR count). The van der Waals surface area contributed by atoms with Crippen molar-refractivity contribution in [2.24, 2.45) is 5.10 Å². The number of nitrogens with zero attached hydrogens (tertiary/aromatic N) is 1. The van der Waals surface area contributed by atoms with Crippen LogP contribution in [0.15, 0.2) is 41.5 Å². The summed E-state index contributed by atoms with van der Waals surface area (Å²) in [6.07, 6.45) is 2.94. The number of hydrogen-bond acceptors (Lipinski definition) is 2. The van der Waals surface area contributed by atoms with Gasteiger partial charge in [0.05, 0.1) is 5.69 Å². The van der Waals surface area contributed by atoms with E-state index in [1.807, 2.05) is 24.3 Å². The Labute approximate surface area is 75.9 Å². The van der Waals surface area contributed by atoms with Crippen LogP contribution < -0.4 is 5.43 Å². The van der Waals surface area contributed by atoms with Crippen molar-refractivity contribution in [1.29, 1.82) is 0 Å². The van der Waals surface area contributed by atoms with Crippen molar-refractivity contribution in [2.75, 3.05) is 5.43 Å². The van der Waals surface area contributed by atoms with Crippen molar-refractivity contribution in [1.82, 2.24) is 0 Å². The molecular weight excluding hydrogens is 160 g/mol. The molecule has 1 aliphatic rings. The summed E-state index contributed by atoms with van der Waals surface area (Å²) in [5.74, 6) is 0. The number of anilines is 1. The normalized spacial score (nSPS) is 12.9. The molecule has 0 aliphatic carbocycles. The fourth-order valence-electron chi connectivity index (χ4n) is 1.68. The van der Waals surface area contributed by atoms with Crippen LogP contribution in [0.3, 0.4) is 0 Å². The molecule has 0 fully saturated rings. The van der Waals surface area contributed by atoms with Gasteiger partial charge in [-0.25, -0.2) is 0 Å². The molecule has 0 saturated heterocycles. The van der Waals surface area contributed by atoms with E-state index < -0.39 is 0 Å². The Bertz CT molecular complexity index is 495. The van der Waals surface area contributed by atoms with E-state index in [9.17, 15) is 0 Å². The molecule has 0 saturated carbocycles. The van der Waals surface area contributed by atoms with Crippen LogP contribution in [0.2, 0.25) is 0 Å². The molecule has 2 nitrogen and oxygen atoms in total. The van der Waals surface area contributed by atoms with Crippen LogP contribution in [0.5, 0.6) is 0 Å². The quantitative estimate of drug-likeness (QED) is 0.640. The van der Waals surface area contributed by atoms with Crippen molar-refractivity contribution in [3.8, 4) is 0 Å². The molecule has 0 unspecified atom stereocenters. The van der Waals surface area contributed by atoms with Gasteiger partial charge in [0.25, 0.3) is 0 Å². The van der Waals surface area contributed by atoms with Gasteiger partial charge < -0.3 is 0 Å². The third-order valence-corrected chi connectivity index (χ3v) is 2.26. The maximum Gasteiger partial charge on any atom is 0.119 e. The lowest BCUT2D eigenvalue weighted by Gasteiger charge is -2.11. The van der Waals surface area contributed by atoms with Gasteiger partial charge in [0.2, 0.25) is 0 Å². The second kappa shape index (κ2) is 2.33. The van der Waals surface area contributed by atoms with Crippen LogP contribution in [0, 0.1) is 0 Å². The summed E-state index contributed by atoms with van der Waals surface area (Å²) in [5, 5.41) is 6.38. The van der Waals surface area contributed by atoms with Crippen LogP contribution in [0.4, 0.5) is 5.69 Å². The number of hydrazone groups is 1. The van der Waals surface area contributed by atoms with Gasteiger partial charge in [-0.1, -0.05) is 30.3 Å². The minimum absolute atomic E-state index is 1.06. The maximum atomic E-state index is 3.94. The molecule has 2 aromatic rings. The Hall–Kier alpha value is -1.83. The molecule has 0 amide bonds. The summed E-state index contributed by atoms with van der Waals surface area (Å²) >= 11 is 0. The largest absolute Gasteiger partial charge is 0.277 e. The van der Waals surface area contributed by atoms with E-state index in [0.717, 1.165) is 11.3 Å². The Balaban J connectivity index is 2.56. The molecular formula is C11H7N2. The zero-order valence-corrected chi connectivity index (χ0v) is 6.91. The highest BCUT2D eigenvalue weighted by atomic mass is 15.3. The maximum absolute atomic E-state index is 3.94. The average Bonchev–Trinajstić information content (AvgIpc) is 2.19. The van der Waals surface area contributed by atoms with Gasteiger partial charge in [-0.3, -0.25) is 5.43 Å². The first-order valence-corrected chi connectivity index (χ1v) is 4.19. The highest BCUT2D eigenvalue weighted by Gasteiger charge is 2.07. The molecule has 2 aromatic carbocycles. The van der Waals surface area contributed by atoms with E-state index in [1.165, 1.54) is 10.8 Å². The predicted octanol–water partition coefficient (Wildman–Crippen LogP) is 2.48. The van der Waals surface area contributed by atoms with E-state index >= 15 is 0 Å². The minimum atomic E-state index is 1.06. The molecule has 0 spiro atoms. The van der Waals surface area contributed by atoms with E-state index in [-0.39, 0.29) is 0 Å². The van der Waals surface area contributed by atoms with Crippen molar-refractivity contribution in [2.45, 2.75) is 0 Å². The Morgan fingerprint density at radius 1 is 1.08 bits per heavy atom. The standard InChI is InChI=1S/C11H7N2/c1-3-8-4-2-6-10-11(8)9(5-1)7-12-13-10/h1-6,13H. The van der Waals surface area contributed by atoms with Gasteiger partial charge in [0.1, 0.15) is 6.21 Å². The van der Waals surface area contributed by atoms with E-state index in [1.54, 1.807) is 0 Å². The second-order valence-corrected chi connectivity index (χ2v) is 3.04. The van der Waals surface area contributed by atoms with Gasteiger partial charge in [0, 0.05) is 10.9 Å². The summed E-state index contributed by atoms with van der Waals surface area (Å²) in [5.41, 5.74) is 5.06. The first-order chi connectivity index (χ1) is 6.45. The fraction of sp³-hybridized carbons (Fsp3) is 0. The number of nitrogens with one attached hydrogen (secondary N) is 1. The highest BCUT2D eigenvalue weighted by molar-refractivity contribution is 6.08. The lowest BCUT2D eigenvalue weighted by atomic mass is 10.0. The smallest absolute Gasteiger partial charge is 0.119 e. The van der Waals surface area contributed by atoms with Crippen molar-refractivity contribution in [3.63, 3.8) is 0 Å². The van der Waals surface area contributed by atoms with Crippen LogP contribution >= 0.6 is 0 Å². The van der Waals surface area contributed by atoms with Gasteiger partial charge >= 0.3 is 0 Å².